The van der Waals surface area contributed by atoms with Crippen LogP contribution in [0.1, 0.15) is 64.7 Å². The molecule has 2 heterocycles. The van der Waals surface area contributed by atoms with Gasteiger partial charge < -0.3 is 10.1 Å². The Bertz CT molecular complexity index is 266. The summed E-state index contributed by atoms with van der Waals surface area (Å²) in [5.41, 5.74) is 0. The third-order valence-electron chi connectivity index (χ3n) is 4.65. The van der Waals surface area contributed by atoms with Crippen LogP contribution in [0.3, 0.4) is 0 Å². The van der Waals surface area contributed by atoms with Crippen molar-refractivity contribution >= 4 is 5.97 Å². The Morgan fingerprint density at radius 3 is 2.37 bits per heavy atom. The highest BCUT2D eigenvalue weighted by molar-refractivity contribution is 5.75. The molecule has 2 aliphatic heterocycles. The lowest BCUT2D eigenvalue weighted by Crippen LogP contribution is -2.43. The molecule has 0 aromatic heterocycles. The van der Waals surface area contributed by atoms with Crippen molar-refractivity contribution in [2.75, 3.05) is 13.2 Å². The molecule has 0 radical (unpaired) electrons. The van der Waals surface area contributed by atoms with E-state index >= 15 is 0 Å². The van der Waals surface area contributed by atoms with Gasteiger partial charge in [0.15, 0.2) is 0 Å². The van der Waals surface area contributed by atoms with Crippen LogP contribution in [0.5, 0.6) is 0 Å². The molecule has 2 bridgehead atoms. The molecule has 2 saturated heterocycles. The number of ether oxygens (including phenoxy) is 1. The molecule has 1 aliphatic carbocycles. The lowest BCUT2D eigenvalue weighted by atomic mass is 9.74. The van der Waals surface area contributed by atoms with E-state index in [0.717, 1.165) is 13.0 Å². The molecule has 1 saturated carbocycles. The molecule has 0 spiro atoms. The average Bonchev–Trinajstić information content (AvgIpc) is 3.00. The van der Waals surface area contributed by atoms with Crippen molar-refractivity contribution in [3.63, 3.8) is 0 Å². The molecule has 3 fully saturated rings. The largest absolute Gasteiger partial charge is 0.465 e. The molecule has 0 aromatic rings. The molecule has 3 heteroatoms. The smallest absolute Gasteiger partial charge is 0.310 e. The molecule has 110 valence electrons. The number of carbonyl (C=O) groups excluding carboxylic acids is 1. The second kappa shape index (κ2) is 7.88. The molecule has 1 N–H and O–H groups in total. The topological polar surface area (TPSA) is 38.3 Å². The van der Waals surface area contributed by atoms with Crippen LogP contribution in [-0.4, -0.2) is 25.2 Å². The summed E-state index contributed by atoms with van der Waals surface area (Å²) in [6, 6.07) is 0.427. The van der Waals surface area contributed by atoms with Crippen molar-refractivity contribution in [2.24, 2.45) is 11.8 Å². The summed E-state index contributed by atoms with van der Waals surface area (Å²) in [4.78, 5) is 11.8. The van der Waals surface area contributed by atoms with Crippen LogP contribution >= 0.6 is 0 Å². The fourth-order valence-corrected chi connectivity index (χ4v) is 3.34. The van der Waals surface area contributed by atoms with Crippen LogP contribution in [0.4, 0.5) is 0 Å². The monoisotopic (exact) mass is 267 g/mol. The highest BCUT2D eigenvalue weighted by atomic mass is 16.5. The van der Waals surface area contributed by atoms with Crippen molar-refractivity contribution in [1.29, 1.82) is 0 Å². The Labute approximate surface area is 117 Å². The van der Waals surface area contributed by atoms with E-state index in [1.807, 2.05) is 0 Å². The summed E-state index contributed by atoms with van der Waals surface area (Å²) in [5, 5.41) is 3.36. The molecule has 3 unspecified atom stereocenters. The van der Waals surface area contributed by atoms with Crippen LogP contribution in [0.15, 0.2) is 0 Å². The number of hydrogen-bond donors (Lipinski definition) is 1. The third-order valence-corrected chi connectivity index (χ3v) is 4.65. The number of carbonyl (C=O) groups is 1. The molecule has 19 heavy (non-hydrogen) atoms. The fraction of sp³-hybridized carbons (Fsp3) is 0.938. The van der Waals surface area contributed by atoms with Gasteiger partial charge in [0.1, 0.15) is 0 Å². The number of hydrogen-bond acceptors (Lipinski definition) is 3. The van der Waals surface area contributed by atoms with Crippen molar-refractivity contribution < 1.29 is 9.53 Å². The Kier molecular flexibility index (Phi) is 6.15. The summed E-state index contributed by atoms with van der Waals surface area (Å²) < 4.78 is 5.39. The first-order chi connectivity index (χ1) is 9.33. The van der Waals surface area contributed by atoms with Crippen molar-refractivity contribution in [1.82, 2.24) is 5.32 Å². The Hall–Kier alpha value is -0.570. The first-order valence-electron chi connectivity index (χ1n) is 8.23. The quantitative estimate of drug-likeness (QED) is 0.487. The number of nitrogens with one attached hydrogen (secondary N) is 1. The number of unbranched alkanes of at least 4 members (excludes halogenated alkanes) is 7. The molecule has 3 aliphatic rings. The zero-order chi connectivity index (χ0) is 13.5. The van der Waals surface area contributed by atoms with Gasteiger partial charge in [-0.3, -0.25) is 4.79 Å². The molecule has 0 amide bonds. The minimum absolute atomic E-state index is 0.0502. The first kappa shape index (κ1) is 14.8. The minimum Gasteiger partial charge on any atom is -0.465 e. The van der Waals surface area contributed by atoms with Gasteiger partial charge in [-0.25, -0.2) is 0 Å². The Morgan fingerprint density at radius 1 is 1.11 bits per heavy atom. The van der Waals surface area contributed by atoms with E-state index in [1.54, 1.807) is 0 Å². The van der Waals surface area contributed by atoms with Crippen molar-refractivity contribution in [3.05, 3.63) is 0 Å². The van der Waals surface area contributed by atoms with Gasteiger partial charge in [0.05, 0.1) is 12.5 Å². The third kappa shape index (κ3) is 4.20. The summed E-state index contributed by atoms with van der Waals surface area (Å²) in [6.45, 7) is 3.89. The maximum absolute atomic E-state index is 11.8. The molecule has 3 rings (SSSR count). The number of fused-ring (bicyclic) bond motifs is 1. The molecular formula is C16H29NO2. The van der Waals surface area contributed by atoms with Crippen LogP contribution in [0.25, 0.3) is 0 Å². The van der Waals surface area contributed by atoms with E-state index in [2.05, 4.69) is 12.2 Å². The van der Waals surface area contributed by atoms with E-state index in [0.29, 0.717) is 18.6 Å². The van der Waals surface area contributed by atoms with Crippen molar-refractivity contribution in [2.45, 2.75) is 70.8 Å². The predicted molar refractivity (Wildman–Crippen MR) is 77.0 cm³/mol. The van der Waals surface area contributed by atoms with Crippen LogP contribution in [-0.2, 0) is 9.53 Å². The zero-order valence-electron chi connectivity index (χ0n) is 12.3. The standard InChI is InChI=1S/C16H29NO2/c1-2-3-4-5-6-7-8-9-10-19-16(18)15-13-11-14(15)17-12-13/h13-15,17H,2-12H2,1H3. The lowest BCUT2D eigenvalue weighted by molar-refractivity contribution is -0.153. The van der Waals surface area contributed by atoms with Crippen LogP contribution < -0.4 is 5.32 Å². The Balaban J connectivity index is 1.39. The first-order valence-corrected chi connectivity index (χ1v) is 8.23. The highest BCUT2D eigenvalue weighted by Crippen LogP contribution is 2.40. The van der Waals surface area contributed by atoms with Gasteiger partial charge in [-0.2, -0.15) is 0 Å². The highest BCUT2D eigenvalue weighted by Gasteiger charge is 2.51. The van der Waals surface area contributed by atoms with Crippen molar-refractivity contribution in [3.8, 4) is 0 Å². The fourth-order valence-electron chi connectivity index (χ4n) is 3.34. The maximum atomic E-state index is 11.8. The molecule has 3 nitrogen and oxygen atoms in total. The minimum atomic E-state index is 0.0502. The SMILES string of the molecule is CCCCCCCCCCOC(=O)C1C2CNC1C2. The maximum Gasteiger partial charge on any atom is 0.310 e. The van der Waals surface area contributed by atoms with Gasteiger partial charge in [0, 0.05) is 6.04 Å². The van der Waals surface area contributed by atoms with E-state index in [4.69, 9.17) is 4.74 Å². The Morgan fingerprint density at radius 2 is 1.79 bits per heavy atom. The van der Waals surface area contributed by atoms with E-state index in [-0.39, 0.29) is 11.9 Å². The molecule has 0 aromatic carbocycles. The predicted octanol–water partition coefficient (Wildman–Crippen LogP) is 3.28. The second-order valence-corrected chi connectivity index (χ2v) is 6.18. The van der Waals surface area contributed by atoms with E-state index in [1.165, 1.54) is 51.4 Å². The summed E-state index contributed by atoms with van der Waals surface area (Å²) in [6.07, 6.45) is 11.5. The summed E-state index contributed by atoms with van der Waals surface area (Å²) >= 11 is 0. The van der Waals surface area contributed by atoms with Gasteiger partial charge in [-0.15, -0.1) is 0 Å². The molecular weight excluding hydrogens is 238 g/mol. The van der Waals surface area contributed by atoms with E-state index in [9.17, 15) is 4.79 Å². The van der Waals surface area contributed by atoms with Gasteiger partial charge in [-0.05, 0) is 25.3 Å². The van der Waals surface area contributed by atoms with Crippen LogP contribution in [0.2, 0.25) is 0 Å². The van der Waals surface area contributed by atoms with Gasteiger partial charge >= 0.3 is 5.97 Å². The lowest BCUT2D eigenvalue weighted by Gasteiger charge is -2.32. The number of rotatable bonds is 10. The van der Waals surface area contributed by atoms with E-state index < -0.39 is 0 Å². The van der Waals surface area contributed by atoms with Gasteiger partial charge in [0.25, 0.3) is 0 Å². The van der Waals surface area contributed by atoms with Gasteiger partial charge in [-0.1, -0.05) is 51.9 Å². The summed E-state index contributed by atoms with van der Waals surface area (Å²) in [7, 11) is 0. The molecule has 3 atom stereocenters. The summed E-state index contributed by atoms with van der Waals surface area (Å²) in [5.74, 6) is 0.791. The van der Waals surface area contributed by atoms with Gasteiger partial charge in [0.2, 0.25) is 0 Å². The normalized spacial score (nSPS) is 28.2. The zero-order valence-corrected chi connectivity index (χ0v) is 12.3. The van der Waals surface area contributed by atoms with Crippen LogP contribution in [0, 0.1) is 11.8 Å². The average molecular weight is 267 g/mol. The second-order valence-electron chi connectivity index (χ2n) is 6.18. The number of esters is 1.